The van der Waals surface area contributed by atoms with E-state index in [2.05, 4.69) is 10.6 Å². The summed E-state index contributed by atoms with van der Waals surface area (Å²) in [5.74, 6) is -0.582. The molecule has 22 heavy (non-hydrogen) atoms. The second kappa shape index (κ2) is 6.46. The molecule has 0 bridgehead atoms. The molecule has 0 spiro atoms. The van der Waals surface area contributed by atoms with Crippen LogP contribution in [0, 0.1) is 5.82 Å². The van der Waals surface area contributed by atoms with Crippen LogP contribution in [0.5, 0.6) is 0 Å². The zero-order chi connectivity index (χ0) is 15.5. The second-order valence-electron chi connectivity index (χ2n) is 5.39. The van der Waals surface area contributed by atoms with Crippen LogP contribution in [0.3, 0.4) is 0 Å². The van der Waals surface area contributed by atoms with Crippen molar-refractivity contribution in [1.29, 1.82) is 0 Å². The van der Waals surface area contributed by atoms with E-state index in [1.807, 2.05) is 24.3 Å². The Labute approximate surface area is 133 Å². The highest BCUT2D eigenvalue weighted by Crippen LogP contribution is 2.24. The van der Waals surface area contributed by atoms with Gasteiger partial charge in [0.2, 0.25) is 0 Å². The number of amides is 1. The first-order valence-electron chi connectivity index (χ1n) is 7.20. The van der Waals surface area contributed by atoms with Crippen LogP contribution in [-0.2, 0) is 0 Å². The molecule has 5 heteroatoms. The van der Waals surface area contributed by atoms with Gasteiger partial charge in [0.15, 0.2) is 0 Å². The van der Waals surface area contributed by atoms with Crippen molar-refractivity contribution in [3.63, 3.8) is 0 Å². The molecule has 0 saturated carbocycles. The minimum atomic E-state index is -0.626. The van der Waals surface area contributed by atoms with Crippen molar-refractivity contribution in [1.82, 2.24) is 5.32 Å². The molecule has 2 N–H and O–H groups in total. The molecule has 1 heterocycles. The number of benzene rings is 2. The van der Waals surface area contributed by atoms with Crippen molar-refractivity contribution >= 4 is 23.2 Å². The summed E-state index contributed by atoms with van der Waals surface area (Å²) in [6, 6.07) is 11.7. The lowest BCUT2D eigenvalue weighted by molar-refractivity contribution is 0.102. The normalized spacial score (nSPS) is 17.5. The molecule has 1 aliphatic heterocycles. The predicted molar refractivity (Wildman–Crippen MR) is 86.0 cm³/mol. The average Bonchev–Trinajstić information content (AvgIpc) is 3.02. The van der Waals surface area contributed by atoms with E-state index in [0.717, 1.165) is 25.6 Å². The fourth-order valence-electron chi connectivity index (χ4n) is 2.65. The average molecular weight is 319 g/mol. The number of carbonyl (C=O) groups is 1. The Hall–Kier alpha value is -1.91. The van der Waals surface area contributed by atoms with Gasteiger partial charge < -0.3 is 10.6 Å². The highest BCUT2D eigenvalue weighted by molar-refractivity contribution is 6.30. The largest absolute Gasteiger partial charge is 0.322 e. The van der Waals surface area contributed by atoms with Crippen LogP contribution in [-0.4, -0.2) is 19.0 Å². The zero-order valence-electron chi connectivity index (χ0n) is 11.9. The third-order valence-electron chi connectivity index (χ3n) is 3.88. The van der Waals surface area contributed by atoms with Crippen LogP contribution in [0.15, 0.2) is 42.5 Å². The molecule has 1 aliphatic rings. The van der Waals surface area contributed by atoms with Gasteiger partial charge in [-0.15, -0.1) is 0 Å². The first-order chi connectivity index (χ1) is 10.6. The van der Waals surface area contributed by atoms with Gasteiger partial charge in [0.05, 0.1) is 5.56 Å². The summed E-state index contributed by atoms with van der Waals surface area (Å²) >= 11 is 5.68. The standard InChI is InChI=1S/C17H16ClFN2O/c18-13-3-6-15(16(19)9-13)17(22)21-14-4-1-11(2-5-14)12-7-8-20-10-12/h1-6,9,12,20H,7-8,10H2,(H,21,22)/t12-/m1/s1. The molecule has 3 nitrogen and oxygen atoms in total. The Kier molecular flexibility index (Phi) is 4.41. The molecule has 0 aromatic heterocycles. The summed E-state index contributed by atoms with van der Waals surface area (Å²) < 4.78 is 13.7. The lowest BCUT2D eigenvalue weighted by Gasteiger charge is -2.11. The van der Waals surface area contributed by atoms with Gasteiger partial charge in [0, 0.05) is 17.3 Å². The van der Waals surface area contributed by atoms with Gasteiger partial charge in [-0.2, -0.15) is 0 Å². The molecular weight excluding hydrogens is 303 g/mol. The van der Waals surface area contributed by atoms with E-state index in [9.17, 15) is 9.18 Å². The molecule has 1 atom stereocenters. The molecule has 1 fully saturated rings. The summed E-state index contributed by atoms with van der Waals surface area (Å²) in [6.45, 7) is 2.03. The van der Waals surface area contributed by atoms with Crippen molar-refractivity contribution in [2.45, 2.75) is 12.3 Å². The van der Waals surface area contributed by atoms with E-state index in [0.29, 0.717) is 11.6 Å². The highest BCUT2D eigenvalue weighted by atomic mass is 35.5. The Morgan fingerprint density at radius 2 is 2.00 bits per heavy atom. The van der Waals surface area contributed by atoms with E-state index in [4.69, 9.17) is 11.6 Å². The zero-order valence-corrected chi connectivity index (χ0v) is 12.7. The van der Waals surface area contributed by atoms with Crippen molar-refractivity contribution in [3.05, 3.63) is 64.4 Å². The smallest absolute Gasteiger partial charge is 0.258 e. The maximum absolute atomic E-state index is 13.7. The number of hydrogen-bond acceptors (Lipinski definition) is 2. The summed E-state index contributed by atoms with van der Waals surface area (Å²) in [4.78, 5) is 12.1. The number of nitrogens with one attached hydrogen (secondary N) is 2. The topological polar surface area (TPSA) is 41.1 Å². The molecule has 2 aromatic rings. The quantitative estimate of drug-likeness (QED) is 0.903. The van der Waals surface area contributed by atoms with Crippen LogP contribution in [0.4, 0.5) is 10.1 Å². The lowest BCUT2D eigenvalue weighted by Crippen LogP contribution is -2.14. The molecule has 1 saturated heterocycles. The Morgan fingerprint density at radius 3 is 2.64 bits per heavy atom. The van der Waals surface area contributed by atoms with E-state index in [1.165, 1.54) is 17.7 Å². The van der Waals surface area contributed by atoms with Crippen LogP contribution in [0.2, 0.25) is 5.02 Å². The maximum atomic E-state index is 13.7. The third kappa shape index (κ3) is 3.29. The Balaban J connectivity index is 1.71. The maximum Gasteiger partial charge on any atom is 0.258 e. The molecule has 0 aliphatic carbocycles. The minimum absolute atomic E-state index is 0.0199. The predicted octanol–water partition coefficient (Wildman–Crippen LogP) is 3.81. The fourth-order valence-corrected chi connectivity index (χ4v) is 2.81. The van der Waals surface area contributed by atoms with Crippen LogP contribution in [0.1, 0.15) is 28.3 Å². The first-order valence-corrected chi connectivity index (χ1v) is 7.58. The number of rotatable bonds is 3. The molecule has 1 amide bonds. The van der Waals surface area contributed by atoms with Crippen molar-refractivity contribution in [3.8, 4) is 0 Å². The van der Waals surface area contributed by atoms with Crippen molar-refractivity contribution in [2.75, 3.05) is 18.4 Å². The second-order valence-corrected chi connectivity index (χ2v) is 5.83. The SMILES string of the molecule is O=C(Nc1ccc([C@@H]2CCNC2)cc1)c1ccc(Cl)cc1F. The Morgan fingerprint density at radius 1 is 1.23 bits per heavy atom. The summed E-state index contributed by atoms with van der Waals surface area (Å²) in [5.41, 5.74) is 1.88. The molecule has 3 rings (SSSR count). The van der Waals surface area contributed by atoms with Gasteiger partial charge in [0.1, 0.15) is 5.82 Å². The van der Waals surface area contributed by atoms with Gasteiger partial charge in [-0.3, -0.25) is 4.79 Å². The number of anilines is 1. The van der Waals surface area contributed by atoms with E-state index >= 15 is 0 Å². The molecule has 114 valence electrons. The molecule has 0 radical (unpaired) electrons. The summed E-state index contributed by atoms with van der Waals surface area (Å²) in [7, 11) is 0. The van der Waals surface area contributed by atoms with Gasteiger partial charge in [-0.1, -0.05) is 23.7 Å². The van der Waals surface area contributed by atoms with Crippen molar-refractivity contribution in [2.24, 2.45) is 0 Å². The Bertz CT molecular complexity index is 682. The number of halogens is 2. The van der Waals surface area contributed by atoms with E-state index in [-0.39, 0.29) is 10.6 Å². The first kappa shape index (κ1) is 15.0. The van der Waals surface area contributed by atoms with Gasteiger partial charge >= 0.3 is 0 Å². The van der Waals surface area contributed by atoms with Crippen LogP contribution < -0.4 is 10.6 Å². The number of hydrogen-bond donors (Lipinski definition) is 2. The fraction of sp³-hybridized carbons (Fsp3) is 0.235. The van der Waals surface area contributed by atoms with Crippen molar-refractivity contribution < 1.29 is 9.18 Å². The van der Waals surface area contributed by atoms with Gasteiger partial charge in [-0.25, -0.2) is 4.39 Å². The highest BCUT2D eigenvalue weighted by Gasteiger charge is 2.17. The minimum Gasteiger partial charge on any atom is -0.322 e. The number of carbonyl (C=O) groups excluding carboxylic acids is 1. The van der Waals surface area contributed by atoms with Crippen LogP contribution in [0.25, 0.3) is 0 Å². The summed E-state index contributed by atoms with van der Waals surface area (Å²) in [6.07, 6.45) is 1.13. The molecular formula is C17H16ClFN2O. The van der Waals surface area contributed by atoms with Gasteiger partial charge in [0.25, 0.3) is 5.91 Å². The van der Waals surface area contributed by atoms with Gasteiger partial charge in [-0.05, 0) is 54.8 Å². The summed E-state index contributed by atoms with van der Waals surface area (Å²) in [5, 5.41) is 6.29. The lowest BCUT2D eigenvalue weighted by atomic mass is 9.98. The van der Waals surface area contributed by atoms with Crippen LogP contribution >= 0.6 is 11.6 Å². The molecule has 0 unspecified atom stereocenters. The van der Waals surface area contributed by atoms with E-state index < -0.39 is 11.7 Å². The monoisotopic (exact) mass is 318 g/mol. The van der Waals surface area contributed by atoms with E-state index in [1.54, 1.807) is 0 Å². The third-order valence-corrected chi connectivity index (χ3v) is 4.11. The molecule has 2 aromatic carbocycles.